The predicted octanol–water partition coefficient (Wildman–Crippen LogP) is 1.54. The van der Waals surface area contributed by atoms with Gasteiger partial charge in [0.1, 0.15) is 0 Å². The molecule has 2 unspecified atom stereocenters. The Morgan fingerprint density at radius 2 is 1.72 bits per heavy atom. The van der Waals surface area contributed by atoms with E-state index >= 15 is 0 Å². The van der Waals surface area contributed by atoms with Gasteiger partial charge in [-0.15, -0.1) is 24.0 Å². The number of carbonyl (C=O) groups is 1. The van der Waals surface area contributed by atoms with Gasteiger partial charge in [0.15, 0.2) is 5.96 Å². The number of piperazine rings is 1. The van der Waals surface area contributed by atoms with Gasteiger partial charge in [-0.05, 0) is 45.1 Å². The van der Waals surface area contributed by atoms with Gasteiger partial charge in [-0.3, -0.25) is 14.7 Å². The molecule has 0 aromatic heterocycles. The van der Waals surface area contributed by atoms with E-state index in [0.717, 1.165) is 77.1 Å². The Morgan fingerprint density at radius 3 is 2.34 bits per heavy atom. The van der Waals surface area contributed by atoms with Gasteiger partial charge in [0.2, 0.25) is 5.91 Å². The Bertz CT molecular complexity index is 531. The lowest BCUT2D eigenvalue weighted by molar-refractivity contribution is -0.135. The zero-order valence-electron chi connectivity index (χ0n) is 18.6. The van der Waals surface area contributed by atoms with Crippen molar-refractivity contribution in [2.75, 3.05) is 72.5 Å². The number of nitrogens with one attached hydrogen (secondary N) is 1. The van der Waals surface area contributed by atoms with Crippen LogP contribution in [0, 0.1) is 5.92 Å². The van der Waals surface area contributed by atoms with Crippen molar-refractivity contribution in [1.82, 2.24) is 24.9 Å². The molecule has 29 heavy (non-hydrogen) atoms. The van der Waals surface area contributed by atoms with Crippen LogP contribution in [0.15, 0.2) is 4.99 Å². The first-order valence-corrected chi connectivity index (χ1v) is 11.3. The van der Waals surface area contributed by atoms with E-state index in [9.17, 15) is 4.79 Å². The summed E-state index contributed by atoms with van der Waals surface area (Å²) in [6.07, 6.45) is 5.01. The predicted molar refractivity (Wildman–Crippen MR) is 130 cm³/mol. The molecule has 1 N–H and O–H groups in total. The standard InChI is InChI=1S/C21H40N6O.HI/c1-18-7-6-9-24(17-18)12-8-23-21(22-3)27-15-13-25(14-16-27)19(2)20(28)26-10-4-5-11-26;/h18-19H,4-17H2,1-3H3,(H,22,23);1H. The molecule has 3 saturated heterocycles. The normalized spacial score (nSPS) is 25.6. The van der Waals surface area contributed by atoms with Crippen LogP contribution in [0.25, 0.3) is 0 Å². The van der Waals surface area contributed by atoms with E-state index in [-0.39, 0.29) is 30.0 Å². The fourth-order valence-electron chi connectivity index (χ4n) is 4.83. The van der Waals surface area contributed by atoms with E-state index in [1.807, 2.05) is 11.9 Å². The van der Waals surface area contributed by atoms with Gasteiger partial charge in [-0.2, -0.15) is 0 Å². The fraction of sp³-hybridized carbons (Fsp3) is 0.905. The van der Waals surface area contributed by atoms with Gasteiger partial charge in [0, 0.05) is 66.0 Å². The highest BCUT2D eigenvalue weighted by atomic mass is 127. The number of aliphatic imine (C=N–C) groups is 1. The van der Waals surface area contributed by atoms with Crippen molar-refractivity contribution < 1.29 is 4.79 Å². The molecule has 3 fully saturated rings. The SMILES string of the molecule is CN=C(NCCN1CCCC(C)C1)N1CCN(C(C)C(=O)N2CCCC2)CC1.I. The summed E-state index contributed by atoms with van der Waals surface area (Å²) < 4.78 is 0. The Kier molecular flexibility index (Phi) is 10.5. The summed E-state index contributed by atoms with van der Waals surface area (Å²) in [6, 6.07) is -0.00341. The van der Waals surface area contributed by atoms with E-state index in [2.05, 4.69) is 38.9 Å². The number of hydrogen-bond donors (Lipinski definition) is 1. The van der Waals surface area contributed by atoms with Crippen LogP contribution >= 0.6 is 24.0 Å². The Hall–Kier alpha value is -0.610. The summed E-state index contributed by atoms with van der Waals surface area (Å²) in [7, 11) is 1.87. The molecule has 3 heterocycles. The molecule has 0 aliphatic carbocycles. The summed E-state index contributed by atoms with van der Waals surface area (Å²) >= 11 is 0. The molecule has 0 spiro atoms. The van der Waals surface area contributed by atoms with Crippen LogP contribution in [0.3, 0.4) is 0 Å². The van der Waals surface area contributed by atoms with Gasteiger partial charge in [0.05, 0.1) is 6.04 Å². The third-order valence-electron chi connectivity index (χ3n) is 6.60. The summed E-state index contributed by atoms with van der Waals surface area (Å²) in [4.78, 5) is 26.4. The van der Waals surface area contributed by atoms with E-state index < -0.39 is 0 Å². The zero-order chi connectivity index (χ0) is 19.9. The smallest absolute Gasteiger partial charge is 0.239 e. The molecule has 3 aliphatic heterocycles. The molecular weight excluding hydrogens is 479 g/mol. The third kappa shape index (κ3) is 6.95. The molecule has 0 saturated carbocycles. The monoisotopic (exact) mass is 520 g/mol. The fourth-order valence-corrected chi connectivity index (χ4v) is 4.83. The second-order valence-electron chi connectivity index (χ2n) is 8.75. The molecule has 3 aliphatic rings. The number of amides is 1. The maximum atomic E-state index is 12.7. The minimum Gasteiger partial charge on any atom is -0.355 e. The maximum Gasteiger partial charge on any atom is 0.239 e. The van der Waals surface area contributed by atoms with Crippen LogP contribution in [0.1, 0.15) is 39.5 Å². The minimum absolute atomic E-state index is 0. The Labute approximate surface area is 194 Å². The van der Waals surface area contributed by atoms with Gasteiger partial charge >= 0.3 is 0 Å². The molecule has 7 nitrogen and oxygen atoms in total. The lowest BCUT2D eigenvalue weighted by atomic mass is 10.0. The molecule has 8 heteroatoms. The zero-order valence-corrected chi connectivity index (χ0v) is 20.9. The molecule has 2 atom stereocenters. The summed E-state index contributed by atoms with van der Waals surface area (Å²) in [6.45, 7) is 14.5. The van der Waals surface area contributed by atoms with Crippen LogP contribution in [-0.4, -0.2) is 110 Å². The van der Waals surface area contributed by atoms with E-state index in [0.29, 0.717) is 5.91 Å². The summed E-state index contributed by atoms with van der Waals surface area (Å²) in [5, 5.41) is 3.55. The molecule has 0 bridgehead atoms. The van der Waals surface area contributed by atoms with E-state index in [1.54, 1.807) is 0 Å². The first kappa shape index (κ1) is 24.7. The van der Waals surface area contributed by atoms with Gasteiger partial charge in [-0.25, -0.2) is 0 Å². The second kappa shape index (κ2) is 12.3. The lowest BCUT2D eigenvalue weighted by Gasteiger charge is -2.39. The van der Waals surface area contributed by atoms with Crippen molar-refractivity contribution in [2.45, 2.75) is 45.6 Å². The molecule has 0 aromatic rings. The highest BCUT2D eigenvalue weighted by Gasteiger charge is 2.30. The second-order valence-corrected chi connectivity index (χ2v) is 8.75. The first-order chi connectivity index (χ1) is 13.6. The number of likely N-dealkylation sites (tertiary alicyclic amines) is 2. The van der Waals surface area contributed by atoms with Crippen LogP contribution in [-0.2, 0) is 4.79 Å². The quantitative estimate of drug-likeness (QED) is 0.339. The molecule has 3 rings (SSSR count). The van der Waals surface area contributed by atoms with Crippen LogP contribution in [0.2, 0.25) is 0 Å². The van der Waals surface area contributed by atoms with Crippen molar-refractivity contribution in [2.24, 2.45) is 10.9 Å². The largest absolute Gasteiger partial charge is 0.355 e. The molecule has 1 amide bonds. The highest BCUT2D eigenvalue weighted by Crippen LogP contribution is 2.15. The van der Waals surface area contributed by atoms with Gasteiger partial charge in [-0.1, -0.05) is 6.92 Å². The van der Waals surface area contributed by atoms with Crippen molar-refractivity contribution in [3.05, 3.63) is 0 Å². The van der Waals surface area contributed by atoms with Crippen molar-refractivity contribution in [1.29, 1.82) is 0 Å². The van der Waals surface area contributed by atoms with Crippen LogP contribution < -0.4 is 5.32 Å². The van der Waals surface area contributed by atoms with Gasteiger partial charge < -0.3 is 20.0 Å². The molecule has 168 valence electrons. The number of hydrogen-bond acceptors (Lipinski definition) is 4. The number of carbonyl (C=O) groups excluding carboxylic acids is 1. The van der Waals surface area contributed by atoms with Gasteiger partial charge in [0.25, 0.3) is 0 Å². The number of rotatable bonds is 5. The average Bonchev–Trinajstić information content (AvgIpc) is 3.25. The number of halogens is 1. The number of guanidine groups is 1. The van der Waals surface area contributed by atoms with Crippen molar-refractivity contribution in [3.63, 3.8) is 0 Å². The average molecular weight is 521 g/mol. The van der Waals surface area contributed by atoms with Crippen LogP contribution in [0.4, 0.5) is 0 Å². The highest BCUT2D eigenvalue weighted by molar-refractivity contribution is 14.0. The Balaban J connectivity index is 0.00000300. The lowest BCUT2D eigenvalue weighted by Crippen LogP contribution is -2.57. The minimum atomic E-state index is -0.00341. The van der Waals surface area contributed by atoms with Crippen molar-refractivity contribution in [3.8, 4) is 0 Å². The number of piperidine rings is 1. The van der Waals surface area contributed by atoms with Crippen LogP contribution in [0.5, 0.6) is 0 Å². The molecule has 0 aromatic carbocycles. The number of nitrogens with zero attached hydrogens (tertiary/aromatic N) is 5. The molecule has 0 radical (unpaired) electrons. The molecular formula is C21H41IN6O. The maximum absolute atomic E-state index is 12.7. The summed E-state index contributed by atoms with van der Waals surface area (Å²) in [5.41, 5.74) is 0. The topological polar surface area (TPSA) is 54.4 Å². The van der Waals surface area contributed by atoms with E-state index in [1.165, 1.54) is 25.9 Å². The third-order valence-corrected chi connectivity index (χ3v) is 6.60. The first-order valence-electron chi connectivity index (χ1n) is 11.3. The summed E-state index contributed by atoms with van der Waals surface area (Å²) in [5.74, 6) is 2.14. The van der Waals surface area contributed by atoms with Crippen molar-refractivity contribution >= 4 is 35.8 Å². The van der Waals surface area contributed by atoms with E-state index in [4.69, 9.17) is 0 Å². The Morgan fingerprint density at radius 1 is 1.03 bits per heavy atom.